The Morgan fingerprint density at radius 2 is 1.64 bits per heavy atom. The van der Waals surface area contributed by atoms with Crippen molar-refractivity contribution in [3.05, 3.63) is 53.6 Å². The molecule has 6 heteroatoms. The molecule has 0 saturated carbocycles. The average Bonchev–Trinajstić information content (AvgIpc) is 2.69. The highest BCUT2D eigenvalue weighted by Gasteiger charge is 2.17. The standard InChI is InChI=1S/C22H26N4O2/c1-5-25(6-2)20-11-12-21(16(3)13-20)24-22(28)15-26(17(4)27)19-9-7-18(14-23)8-10-19/h7-13H,5-6,15H2,1-4H3,(H,24,28). The van der Waals surface area contributed by atoms with Gasteiger partial charge in [0.05, 0.1) is 11.6 Å². The third-order valence-corrected chi connectivity index (χ3v) is 4.60. The number of aryl methyl sites for hydroxylation is 1. The van der Waals surface area contributed by atoms with Crippen LogP contribution in [0.2, 0.25) is 0 Å². The van der Waals surface area contributed by atoms with E-state index in [0.29, 0.717) is 11.3 Å². The van der Waals surface area contributed by atoms with Crippen molar-refractivity contribution in [3.8, 4) is 6.07 Å². The fraction of sp³-hybridized carbons (Fsp3) is 0.318. The van der Waals surface area contributed by atoms with E-state index in [0.717, 1.165) is 30.0 Å². The normalized spacial score (nSPS) is 10.1. The summed E-state index contributed by atoms with van der Waals surface area (Å²) < 4.78 is 0. The molecule has 0 spiro atoms. The summed E-state index contributed by atoms with van der Waals surface area (Å²) in [7, 11) is 0. The molecule has 0 unspecified atom stereocenters. The summed E-state index contributed by atoms with van der Waals surface area (Å²) >= 11 is 0. The number of anilines is 3. The van der Waals surface area contributed by atoms with Crippen LogP contribution in [-0.2, 0) is 9.59 Å². The second-order valence-corrected chi connectivity index (χ2v) is 6.48. The van der Waals surface area contributed by atoms with E-state index in [1.54, 1.807) is 24.3 Å². The van der Waals surface area contributed by atoms with Gasteiger partial charge in [0.1, 0.15) is 6.54 Å². The number of hydrogen-bond acceptors (Lipinski definition) is 4. The van der Waals surface area contributed by atoms with Crippen LogP contribution in [0.25, 0.3) is 0 Å². The number of amides is 2. The third kappa shape index (κ3) is 5.10. The van der Waals surface area contributed by atoms with Crippen LogP contribution in [0.15, 0.2) is 42.5 Å². The van der Waals surface area contributed by atoms with Gasteiger partial charge in [-0.2, -0.15) is 5.26 Å². The van der Waals surface area contributed by atoms with E-state index >= 15 is 0 Å². The second kappa shape index (κ2) is 9.56. The maximum absolute atomic E-state index is 12.5. The molecule has 2 rings (SSSR count). The van der Waals surface area contributed by atoms with Crippen LogP contribution < -0.4 is 15.1 Å². The third-order valence-electron chi connectivity index (χ3n) is 4.60. The van der Waals surface area contributed by atoms with Crippen LogP contribution in [-0.4, -0.2) is 31.4 Å². The van der Waals surface area contributed by atoms with Gasteiger partial charge in [0.25, 0.3) is 0 Å². The largest absolute Gasteiger partial charge is 0.372 e. The minimum Gasteiger partial charge on any atom is -0.372 e. The lowest BCUT2D eigenvalue weighted by molar-refractivity contribution is -0.120. The number of rotatable bonds is 7. The van der Waals surface area contributed by atoms with Gasteiger partial charge >= 0.3 is 0 Å². The van der Waals surface area contributed by atoms with E-state index in [4.69, 9.17) is 5.26 Å². The summed E-state index contributed by atoms with van der Waals surface area (Å²) in [6, 6.07) is 14.5. The molecule has 0 atom stereocenters. The van der Waals surface area contributed by atoms with Crippen molar-refractivity contribution in [1.82, 2.24) is 0 Å². The van der Waals surface area contributed by atoms with Crippen molar-refractivity contribution in [3.63, 3.8) is 0 Å². The lowest BCUT2D eigenvalue weighted by atomic mass is 10.1. The Morgan fingerprint density at radius 1 is 1.04 bits per heavy atom. The summed E-state index contributed by atoms with van der Waals surface area (Å²) in [4.78, 5) is 28.2. The van der Waals surface area contributed by atoms with E-state index in [-0.39, 0.29) is 18.4 Å². The number of nitrogens with one attached hydrogen (secondary N) is 1. The van der Waals surface area contributed by atoms with Crippen molar-refractivity contribution < 1.29 is 9.59 Å². The first-order valence-corrected chi connectivity index (χ1v) is 9.33. The van der Waals surface area contributed by atoms with Crippen molar-refractivity contribution >= 4 is 28.9 Å². The maximum Gasteiger partial charge on any atom is 0.244 e. The van der Waals surface area contributed by atoms with Crippen LogP contribution in [0.1, 0.15) is 31.9 Å². The molecule has 2 amide bonds. The molecule has 0 aliphatic rings. The van der Waals surface area contributed by atoms with Gasteiger partial charge in [-0.15, -0.1) is 0 Å². The summed E-state index contributed by atoms with van der Waals surface area (Å²) in [5, 5.41) is 11.8. The molecule has 6 nitrogen and oxygen atoms in total. The minimum atomic E-state index is -0.279. The number of carbonyl (C=O) groups is 2. The van der Waals surface area contributed by atoms with E-state index in [2.05, 4.69) is 24.1 Å². The summed E-state index contributed by atoms with van der Waals surface area (Å²) in [5.74, 6) is -0.522. The van der Waals surface area contributed by atoms with Crippen LogP contribution in [0, 0.1) is 18.3 Å². The highest BCUT2D eigenvalue weighted by Crippen LogP contribution is 2.23. The molecule has 28 heavy (non-hydrogen) atoms. The Hall–Kier alpha value is -3.33. The highest BCUT2D eigenvalue weighted by molar-refractivity contribution is 6.02. The lowest BCUT2D eigenvalue weighted by Gasteiger charge is -2.23. The molecule has 2 aromatic rings. The SMILES string of the molecule is CCN(CC)c1ccc(NC(=O)CN(C(C)=O)c2ccc(C#N)cc2)c(C)c1. The summed E-state index contributed by atoms with van der Waals surface area (Å²) in [6.07, 6.45) is 0. The van der Waals surface area contributed by atoms with Gasteiger partial charge in [0, 0.05) is 37.1 Å². The fourth-order valence-corrected chi connectivity index (χ4v) is 3.01. The molecule has 146 valence electrons. The number of nitrogens with zero attached hydrogens (tertiary/aromatic N) is 3. The predicted molar refractivity (Wildman–Crippen MR) is 113 cm³/mol. The Bertz CT molecular complexity index is 880. The zero-order valence-corrected chi connectivity index (χ0v) is 16.8. The van der Waals surface area contributed by atoms with Gasteiger partial charge in [-0.3, -0.25) is 9.59 Å². The predicted octanol–water partition coefficient (Wildman–Crippen LogP) is 3.70. The molecule has 0 radical (unpaired) electrons. The lowest BCUT2D eigenvalue weighted by Crippen LogP contribution is -2.36. The van der Waals surface area contributed by atoms with Crippen LogP contribution in [0.3, 0.4) is 0 Å². The van der Waals surface area contributed by atoms with Crippen molar-refractivity contribution in [2.45, 2.75) is 27.7 Å². The number of nitriles is 1. The number of hydrogen-bond donors (Lipinski definition) is 1. The van der Waals surface area contributed by atoms with Gasteiger partial charge in [0.15, 0.2) is 0 Å². The maximum atomic E-state index is 12.5. The quantitative estimate of drug-likeness (QED) is 0.797. The molecule has 0 heterocycles. The Balaban J connectivity index is 2.12. The fourth-order valence-electron chi connectivity index (χ4n) is 3.01. The molecular weight excluding hydrogens is 352 g/mol. The van der Waals surface area contributed by atoms with Crippen LogP contribution in [0.5, 0.6) is 0 Å². The van der Waals surface area contributed by atoms with Gasteiger partial charge in [-0.1, -0.05) is 0 Å². The van der Waals surface area contributed by atoms with E-state index in [9.17, 15) is 9.59 Å². The molecule has 0 aliphatic carbocycles. The molecule has 2 aromatic carbocycles. The van der Waals surface area contributed by atoms with Gasteiger partial charge in [0.2, 0.25) is 11.8 Å². The first-order chi connectivity index (χ1) is 13.4. The highest BCUT2D eigenvalue weighted by atomic mass is 16.2. The summed E-state index contributed by atoms with van der Waals surface area (Å²) in [5.41, 5.74) is 3.88. The number of carbonyl (C=O) groups excluding carboxylic acids is 2. The van der Waals surface area contributed by atoms with Gasteiger partial charge < -0.3 is 15.1 Å². The van der Waals surface area contributed by atoms with Crippen LogP contribution >= 0.6 is 0 Å². The topological polar surface area (TPSA) is 76.4 Å². The zero-order valence-electron chi connectivity index (χ0n) is 16.8. The smallest absolute Gasteiger partial charge is 0.244 e. The zero-order chi connectivity index (χ0) is 20.7. The minimum absolute atomic E-state index is 0.0987. The second-order valence-electron chi connectivity index (χ2n) is 6.48. The average molecular weight is 378 g/mol. The molecule has 0 bridgehead atoms. The Morgan fingerprint density at radius 3 is 2.14 bits per heavy atom. The van der Waals surface area contributed by atoms with E-state index in [1.807, 2.05) is 31.2 Å². The molecule has 1 N–H and O–H groups in total. The Labute approximate surface area is 166 Å². The molecule has 0 aromatic heterocycles. The molecule has 0 fully saturated rings. The Kier molecular flexibility index (Phi) is 7.16. The van der Waals surface area contributed by atoms with E-state index < -0.39 is 0 Å². The van der Waals surface area contributed by atoms with E-state index in [1.165, 1.54) is 11.8 Å². The first kappa shape index (κ1) is 21.0. The molecule has 0 saturated heterocycles. The van der Waals surface area contributed by atoms with Crippen molar-refractivity contribution in [2.24, 2.45) is 0 Å². The monoisotopic (exact) mass is 378 g/mol. The first-order valence-electron chi connectivity index (χ1n) is 9.33. The number of benzene rings is 2. The van der Waals surface area contributed by atoms with Crippen LogP contribution in [0.4, 0.5) is 17.1 Å². The van der Waals surface area contributed by atoms with Gasteiger partial charge in [-0.25, -0.2) is 0 Å². The summed E-state index contributed by atoms with van der Waals surface area (Å²) in [6.45, 7) is 9.31. The van der Waals surface area contributed by atoms with Gasteiger partial charge in [-0.05, 0) is 68.8 Å². The van der Waals surface area contributed by atoms with Crippen molar-refractivity contribution in [2.75, 3.05) is 34.8 Å². The molecule has 0 aliphatic heterocycles. The van der Waals surface area contributed by atoms with Crippen molar-refractivity contribution in [1.29, 1.82) is 5.26 Å². The molecular formula is C22H26N4O2.